The maximum atomic E-state index is 13.7. The third-order valence-electron chi connectivity index (χ3n) is 14.5. The van der Waals surface area contributed by atoms with Crippen molar-refractivity contribution in [2.24, 2.45) is 17.8 Å². The first-order valence-corrected chi connectivity index (χ1v) is 30.9. The molecule has 2 aliphatic heterocycles. The summed E-state index contributed by atoms with van der Waals surface area (Å²) in [5.41, 5.74) is 0.400. The zero-order chi connectivity index (χ0) is 46.1. The molecule has 0 aromatic heterocycles. The molecule has 3 rings (SSSR count). The number of ether oxygens (including phenoxy) is 5. The molecular formula is C46H87NO10Si3. The van der Waals surface area contributed by atoms with Crippen LogP contribution in [0.3, 0.4) is 0 Å². The number of carbonyl (C=O) groups excluding carboxylic acids is 1. The number of amides is 1. The molecule has 8 atom stereocenters. The van der Waals surface area contributed by atoms with Crippen molar-refractivity contribution in [1.82, 2.24) is 5.06 Å². The van der Waals surface area contributed by atoms with Gasteiger partial charge < -0.3 is 37.0 Å². The van der Waals surface area contributed by atoms with E-state index < -0.39 is 54.7 Å². The molecule has 0 radical (unpaired) electrons. The van der Waals surface area contributed by atoms with Crippen LogP contribution in [0.5, 0.6) is 5.75 Å². The van der Waals surface area contributed by atoms with Crippen molar-refractivity contribution in [1.29, 1.82) is 0 Å². The zero-order valence-electron chi connectivity index (χ0n) is 41.9. The Kier molecular flexibility index (Phi) is 17.3. The fourth-order valence-electron chi connectivity index (χ4n) is 7.15. The van der Waals surface area contributed by atoms with Crippen LogP contribution in [-0.2, 0) is 48.5 Å². The molecule has 2 aliphatic rings. The van der Waals surface area contributed by atoms with Gasteiger partial charge in [-0.2, -0.15) is 0 Å². The number of rotatable bonds is 20. The van der Waals surface area contributed by atoms with Crippen molar-refractivity contribution in [2.45, 2.75) is 193 Å². The largest absolute Gasteiger partial charge is 0.497 e. The van der Waals surface area contributed by atoms with E-state index in [0.29, 0.717) is 26.4 Å². The maximum absolute atomic E-state index is 13.7. The molecule has 11 nitrogen and oxygen atoms in total. The highest BCUT2D eigenvalue weighted by atomic mass is 28.4. The van der Waals surface area contributed by atoms with E-state index in [1.807, 2.05) is 38.1 Å². The summed E-state index contributed by atoms with van der Waals surface area (Å²) in [5, 5.41) is 1.11. The Hall–Kier alpha value is -1.18. The van der Waals surface area contributed by atoms with Gasteiger partial charge in [0.1, 0.15) is 11.4 Å². The van der Waals surface area contributed by atoms with Crippen LogP contribution in [0.25, 0.3) is 0 Å². The number of benzene rings is 1. The minimum absolute atomic E-state index is 0.0350. The number of hydrogen-bond acceptors (Lipinski definition) is 10. The normalized spacial score (nSPS) is 25.7. The van der Waals surface area contributed by atoms with Gasteiger partial charge in [-0.1, -0.05) is 81.4 Å². The third-order valence-corrected chi connectivity index (χ3v) is 27.9. The molecule has 0 spiro atoms. The van der Waals surface area contributed by atoms with Crippen molar-refractivity contribution in [3.8, 4) is 5.75 Å². The summed E-state index contributed by atoms with van der Waals surface area (Å²) < 4.78 is 54.7. The molecule has 14 heteroatoms. The summed E-state index contributed by atoms with van der Waals surface area (Å²) in [6.45, 7) is 44.1. The van der Waals surface area contributed by atoms with Gasteiger partial charge in [0.2, 0.25) is 5.91 Å². The Morgan fingerprint density at radius 1 is 0.783 bits per heavy atom. The van der Waals surface area contributed by atoms with Crippen LogP contribution >= 0.6 is 0 Å². The van der Waals surface area contributed by atoms with Gasteiger partial charge in [-0.25, -0.2) is 5.06 Å². The van der Waals surface area contributed by atoms with Crippen LogP contribution in [0, 0.1) is 17.8 Å². The second-order valence-corrected chi connectivity index (χ2v) is 37.1. The van der Waals surface area contributed by atoms with Crippen molar-refractivity contribution in [3.63, 3.8) is 0 Å². The molecule has 1 aromatic carbocycles. The molecule has 2 heterocycles. The van der Waals surface area contributed by atoms with E-state index in [1.165, 1.54) is 12.2 Å². The number of carbonyl (C=O) groups is 1. The van der Waals surface area contributed by atoms with Crippen molar-refractivity contribution in [2.75, 3.05) is 41.1 Å². The summed E-state index contributed by atoms with van der Waals surface area (Å²) in [6.07, 6.45) is -1.48. The van der Waals surface area contributed by atoms with Gasteiger partial charge in [-0.3, -0.25) is 9.63 Å². The number of nitrogens with zero attached hydrogens (tertiary/aromatic N) is 1. The van der Waals surface area contributed by atoms with Crippen molar-refractivity contribution >= 4 is 30.9 Å². The van der Waals surface area contributed by atoms with Crippen molar-refractivity contribution < 1.29 is 46.6 Å². The Balaban J connectivity index is 2.20. The average Bonchev–Trinajstić information content (AvgIpc) is 3.81. The molecule has 60 heavy (non-hydrogen) atoms. The van der Waals surface area contributed by atoms with E-state index in [0.717, 1.165) is 11.3 Å². The summed E-state index contributed by atoms with van der Waals surface area (Å²) in [6, 6.07) is 7.98. The number of hydroxylamine groups is 2. The van der Waals surface area contributed by atoms with E-state index in [4.69, 9.17) is 41.8 Å². The summed E-state index contributed by atoms with van der Waals surface area (Å²) in [5.74, 6) is -0.977. The van der Waals surface area contributed by atoms with E-state index in [2.05, 4.69) is 115 Å². The summed E-state index contributed by atoms with van der Waals surface area (Å²) >= 11 is 0. The SMILES string of the molecule is COc1ccc(COC[C@H](C)[C@H]2OC2(C)[C@@H](O[Si](C)(C)C(C)(C)C)[C@@H](CO[Si](C)(C)C(C)(C)C)[C@@H]2OC(C)(C)OC(CC(=O)N(C)OC)[C@H]2CO[Si](C)(C)C(C)(C)C)cc1. The van der Waals surface area contributed by atoms with Gasteiger partial charge in [-0.15, -0.1) is 0 Å². The molecule has 2 saturated heterocycles. The highest BCUT2D eigenvalue weighted by Gasteiger charge is 2.66. The second kappa shape index (κ2) is 19.5. The number of hydrogen-bond donors (Lipinski definition) is 0. The minimum Gasteiger partial charge on any atom is -0.497 e. The maximum Gasteiger partial charge on any atom is 0.248 e. The first-order chi connectivity index (χ1) is 27.1. The fraction of sp³-hybridized carbons (Fsp3) is 0.848. The first kappa shape index (κ1) is 53.2. The third kappa shape index (κ3) is 13.2. The molecular weight excluding hydrogens is 811 g/mol. The lowest BCUT2D eigenvalue weighted by Crippen LogP contribution is -2.62. The lowest BCUT2D eigenvalue weighted by molar-refractivity contribution is -0.338. The zero-order valence-corrected chi connectivity index (χ0v) is 44.9. The Bertz CT molecular complexity index is 1530. The molecule has 2 unspecified atom stereocenters. The molecule has 1 amide bonds. The van der Waals surface area contributed by atoms with E-state index in [9.17, 15) is 4.79 Å². The smallest absolute Gasteiger partial charge is 0.248 e. The topological polar surface area (TPSA) is 107 Å². The number of methoxy groups -OCH3 is 1. The predicted molar refractivity (Wildman–Crippen MR) is 249 cm³/mol. The van der Waals surface area contributed by atoms with Crippen LogP contribution in [0.1, 0.15) is 102 Å². The van der Waals surface area contributed by atoms with E-state index >= 15 is 0 Å². The van der Waals surface area contributed by atoms with Gasteiger partial charge in [0.15, 0.2) is 30.7 Å². The Morgan fingerprint density at radius 3 is 1.82 bits per heavy atom. The monoisotopic (exact) mass is 898 g/mol. The van der Waals surface area contributed by atoms with Crippen LogP contribution < -0.4 is 4.74 Å². The molecule has 0 N–H and O–H groups in total. The summed E-state index contributed by atoms with van der Waals surface area (Å²) in [7, 11) is -2.22. The standard InChI is InChI=1S/C46H87NO10Si3/c1-32(28-51-29-33-23-25-34(49-15)26-24-33)40-46(13,56-40)41(57-60(21,22)44(8,9)10)36(31-53-59(19,20)43(5,6)7)39-35(30-52-58(17,18)42(2,3)4)37(54-45(11,12)55-39)27-38(48)47(14)50-16/h23-26,32,35-37,39-41H,27-31H2,1-22H3/t32-,35+,36-,37?,39+,40+,41-,46?/m0/s1. The van der Waals surface area contributed by atoms with Crippen LogP contribution in [0.4, 0.5) is 0 Å². The van der Waals surface area contributed by atoms with Crippen LogP contribution in [0.15, 0.2) is 24.3 Å². The van der Waals surface area contributed by atoms with Gasteiger partial charge in [-0.05, 0) is 92.9 Å². The van der Waals surface area contributed by atoms with Gasteiger partial charge in [0.25, 0.3) is 0 Å². The lowest BCUT2D eigenvalue weighted by atomic mass is 9.77. The first-order valence-electron chi connectivity index (χ1n) is 22.1. The molecule has 1 aromatic rings. The van der Waals surface area contributed by atoms with Gasteiger partial charge >= 0.3 is 0 Å². The molecule has 0 bridgehead atoms. The number of epoxide rings is 1. The minimum atomic E-state index is -2.47. The van der Waals surface area contributed by atoms with E-state index in [1.54, 1.807) is 14.2 Å². The quantitative estimate of drug-likeness (QED) is 0.0713. The highest BCUT2D eigenvalue weighted by Crippen LogP contribution is 2.53. The average molecular weight is 898 g/mol. The van der Waals surface area contributed by atoms with Crippen molar-refractivity contribution in [3.05, 3.63) is 29.8 Å². The van der Waals surface area contributed by atoms with Gasteiger partial charge in [0, 0.05) is 38.0 Å². The van der Waals surface area contributed by atoms with Crippen LogP contribution in [-0.4, -0.2) is 113 Å². The van der Waals surface area contributed by atoms with E-state index in [-0.39, 0.29) is 51.3 Å². The Morgan fingerprint density at radius 2 is 1.32 bits per heavy atom. The lowest BCUT2D eigenvalue weighted by Gasteiger charge is -2.52. The Labute approximate surface area is 368 Å². The summed E-state index contributed by atoms with van der Waals surface area (Å²) in [4.78, 5) is 19.1. The van der Waals surface area contributed by atoms with Crippen LogP contribution in [0.2, 0.25) is 54.4 Å². The predicted octanol–water partition coefficient (Wildman–Crippen LogP) is 10.6. The molecule has 2 fully saturated rings. The van der Waals surface area contributed by atoms with Gasteiger partial charge in [0.05, 0.1) is 58.3 Å². The highest BCUT2D eigenvalue weighted by molar-refractivity contribution is 6.75. The molecule has 348 valence electrons. The second-order valence-electron chi connectivity index (χ2n) is 22.7. The molecule has 0 saturated carbocycles. The molecule has 0 aliphatic carbocycles. The fourth-order valence-corrected chi connectivity index (χ4v) is 10.6.